The average molecular weight is 428 g/mol. The number of carbonyl (C=O) groups excluding carboxylic acids is 2. The Kier molecular flexibility index (Phi) is 6.70. The van der Waals surface area contributed by atoms with Crippen molar-refractivity contribution in [2.75, 3.05) is 7.11 Å². The summed E-state index contributed by atoms with van der Waals surface area (Å²) in [4.78, 5) is 32.7. The molecule has 0 unspecified atom stereocenters. The van der Waals surface area contributed by atoms with Gasteiger partial charge >= 0.3 is 5.97 Å². The number of benzene rings is 2. The summed E-state index contributed by atoms with van der Waals surface area (Å²) in [5.41, 5.74) is 4.35. The van der Waals surface area contributed by atoms with Crippen molar-refractivity contribution < 1.29 is 18.7 Å². The number of nitrogens with zero attached hydrogens (tertiary/aromatic N) is 2. The SMILES string of the molecule is COC(=O)c1ccc(-c2cnc3nc(C(=O)CCCCCc4ccccc4)oc3c2)cc1. The largest absolute Gasteiger partial charge is 0.465 e. The van der Waals surface area contributed by atoms with E-state index < -0.39 is 0 Å². The fourth-order valence-corrected chi connectivity index (χ4v) is 3.56. The molecule has 0 bridgehead atoms. The first-order valence-electron chi connectivity index (χ1n) is 10.7. The standard InChI is InChI=1S/C26H24N2O4/c1-31-26(30)20-14-12-19(13-15-20)21-16-23-24(27-17-21)28-25(32-23)22(29)11-7-3-6-10-18-8-4-2-5-9-18/h2,4-5,8-9,12-17H,3,6-7,10-11H2,1H3. The number of aromatic nitrogens is 2. The lowest BCUT2D eigenvalue weighted by atomic mass is 10.1. The molecule has 0 aliphatic heterocycles. The Bertz CT molecular complexity index is 1210. The van der Waals surface area contributed by atoms with Gasteiger partial charge in [-0.1, -0.05) is 48.9 Å². The maximum Gasteiger partial charge on any atom is 0.337 e. The number of pyridine rings is 1. The summed E-state index contributed by atoms with van der Waals surface area (Å²) < 4.78 is 10.4. The van der Waals surface area contributed by atoms with Crippen molar-refractivity contribution in [3.8, 4) is 11.1 Å². The molecule has 6 nitrogen and oxygen atoms in total. The van der Waals surface area contributed by atoms with Gasteiger partial charge in [-0.15, -0.1) is 0 Å². The number of methoxy groups -OCH3 is 1. The van der Waals surface area contributed by atoms with E-state index in [1.807, 2.05) is 30.3 Å². The van der Waals surface area contributed by atoms with Gasteiger partial charge in [-0.3, -0.25) is 4.79 Å². The normalized spacial score (nSPS) is 10.9. The zero-order valence-corrected chi connectivity index (χ0v) is 17.9. The number of unbranched alkanes of at least 4 members (excludes halogenated alkanes) is 2. The second-order valence-corrected chi connectivity index (χ2v) is 7.60. The van der Waals surface area contributed by atoms with Gasteiger partial charge in [0.2, 0.25) is 5.78 Å². The lowest BCUT2D eigenvalue weighted by Gasteiger charge is -2.03. The van der Waals surface area contributed by atoms with Gasteiger partial charge < -0.3 is 9.15 Å². The highest BCUT2D eigenvalue weighted by Crippen LogP contribution is 2.24. The second-order valence-electron chi connectivity index (χ2n) is 7.60. The Balaban J connectivity index is 1.36. The molecule has 0 radical (unpaired) electrons. The van der Waals surface area contributed by atoms with Gasteiger partial charge in [-0.2, -0.15) is 4.98 Å². The number of ether oxygens (including phenoxy) is 1. The third-order valence-corrected chi connectivity index (χ3v) is 5.34. The van der Waals surface area contributed by atoms with Crippen LogP contribution in [0.3, 0.4) is 0 Å². The highest BCUT2D eigenvalue weighted by Gasteiger charge is 2.16. The van der Waals surface area contributed by atoms with Crippen LogP contribution in [-0.4, -0.2) is 28.8 Å². The fourth-order valence-electron chi connectivity index (χ4n) is 3.56. The van der Waals surface area contributed by atoms with Crippen LogP contribution in [0.1, 0.15) is 52.3 Å². The molecular weight excluding hydrogens is 404 g/mol. The van der Waals surface area contributed by atoms with Crippen LogP contribution in [-0.2, 0) is 11.2 Å². The molecule has 4 aromatic rings. The summed E-state index contributed by atoms with van der Waals surface area (Å²) in [6.07, 6.45) is 5.93. The Morgan fingerprint density at radius 3 is 2.47 bits per heavy atom. The number of esters is 1. The number of ketones is 1. The van der Waals surface area contributed by atoms with E-state index in [0.717, 1.165) is 36.8 Å². The quantitative estimate of drug-likeness (QED) is 0.194. The van der Waals surface area contributed by atoms with Gasteiger partial charge in [-0.05, 0) is 48.6 Å². The Morgan fingerprint density at radius 2 is 1.72 bits per heavy atom. The molecule has 0 spiro atoms. The smallest absolute Gasteiger partial charge is 0.337 e. The van der Waals surface area contributed by atoms with E-state index in [1.165, 1.54) is 12.7 Å². The Morgan fingerprint density at radius 1 is 0.938 bits per heavy atom. The van der Waals surface area contributed by atoms with E-state index in [4.69, 9.17) is 9.15 Å². The van der Waals surface area contributed by atoms with Crippen LogP contribution in [0.5, 0.6) is 0 Å². The van der Waals surface area contributed by atoms with E-state index in [9.17, 15) is 9.59 Å². The van der Waals surface area contributed by atoms with Crippen LogP contribution in [0, 0.1) is 0 Å². The van der Waals surface area contributed by atoms with Crippen molar-refractivity contribution in [3.05, 3.63) is 83.9 Å². The lowest BCUT2D eigenvalue weighted by molar-refractivity contribution is 0.0600. The number of Topliss-reactive ketones (excluding diaryl/α,β-unsaturated/α-hetero) is 1. The van der Waals surface area contributed by atoms with Crippen molar-refractivity contribution >= 4 is 23.0 Å². The third-order valence-electron chi connectivity index (χ3n) is 5.34. The number of oxazole rings is 1. The summed E-state index contributed by atoms with van der Waals surface area (Å²) >= 11 is 0. The Hall–Kier alpha value is -3.80. The van der Waals surface area contributed by atoms with Gasteiger partial charge in [0.1, 0.15) is 0 Å². The maximum absolute atomic E-state index is 12.5. The minimum Gasteiger partial charge on any atom is -0.465 e. The molecule has 0 atom stereocenters. The van der Waals surface area contributed by atoms with Gasteiger partial charge in [-0.25, -0.2) is 9.78 Å². The summed E-state index contributed by atoms with van der Waals surface area (Å²) in [7, 11) is 1.35. The Labute approximate surface area is 186 Å². The van der Waals surface area contributed by atoms with E-state index in [1.54, 1.807) is 24.4 Å². The zero-order chi connectivity index (χ0) is 22.3. The molecule has 0 amide bonds. The molecule has 0 saturated carbocycles. The minimum absolute atomic E-state index is 0.105. The summed E-state index contributed by atoms with van der Waals surface area (Å²) in [6.45, 7) is 0. The van der Waals surface area contributed by atoms with E-state index in [0.29, 0.717) is 23.2 Å². The highest BCUT2D eigenvalue weighted by molar-refractivity contribution is 5.94. The summed E-state index contributed by atoms with van der Waals surface area (Å²) in [5, 5.41) is 0. The predicted octanol–water partition coefficient (Wildman–Crippen LogP) is 5.66. The first-order valence-corrected chi connectivity index (χ1v) is 10.7. The average Bonchev–Trinajstić information content (AvgIpc) is 3.27. The molecule has 0 fully saturated rings. The molecule has 0 aliphatic rings. The van der Waals surface area contributed by atoms with Crippen molar-refractivity contribution in [2.24, 2.45) is 0 Å². The van der Waals surface area contributed by atoms with Gasteiger partial charge in [0.25, 0.3) is 5.89 Å². The third kappa shape index (κ3) is 5.09. The molecule has 2 aromatic carbocycles. The van der Waals surface area contributed by atoms with Crippen LogP contribution < -0.4 is 0 Å². The molecule has 0 saturated heterocycles. The van der Waals surface area contributed by atoms with E-state index in [2.05, 4.69) is 22.1 Å². The number of hydrogen-bond donors (Lipinski definition) is 0. The van der Waals surface area contributed by atoms with Crippen LogP contribution >= 0.6 is 0 Å². The minimum atomic E-state index is -0.386. The molecule has 2 heterocycles. The van der Waals surface area contributed by atoms with Gasteiger partial charge in [0.05, 0.1) is 12.7 Å². The van der Waals surface area contributed by atoms with E-state index >= 15 is 0 Å². The topological polar surface area (TPSA) is 82.3 Å². The lowest BCUT2D eigenvalue weighted by Crippen LogP contribution is -2.00. The molecule has 0 aliphatic carbocycles. The number of fused-ring (bicyclic) bond motifs is 1. The monoisotopic (exact) mass is 428 g/mol. The second kappa shape index (κ2) is 10.0. The number of hydrogen-bond acceptors (Lipinski definition) is 6. The van der Waals surface area contributed by atoms with Crippen molar-refractivity contribution in [1.82, 2.24) is 9.97 Å². The summed E-state index contributed by atoms with van der Waals surface area (Å²) in [5.74, 6) is -0.385. The number of carbonyl (C=O) groups is 2. The zero-order valence-electron chi connectivity index (χ0n) is 17.9. The molecule has 32 heavy (non-hydrogen) atoms. The first kappa shape index (κ1) is 21.4. The van der Waals surface area contributed by atoms with E-state index in [-0.39, 0.29) is 17.6 Å². The van der Waals surface area contributed by atoms with Crippen molar-refractivity contribution in [3.63, 3.8) is 0 Å². The van der Waals surface area contributed by atoms with Crippen LogP contribution in [0.2, 0.25) is 0 Å². The van der Waals surface area contributed by atoms with Crippen LogP contribution in [0.25, 0.3) is 22.4 Å². The number of aryl methyl sites for hydroxylation is 1. The molecule has 2 aromatic heterocycles. The maximum atomic E-state index is 12.5. The highest BCUT2D eigenvalue weighted by atomic mass is 16.5. The molecule has 6 heteroatoms. The van der Waals surface area contributed by atoms with Crippen molar-refractivity contribution in [1.29, 1.82) is 0 Å². The number of rotatable bonds is 9. The molecule has 4 rings (SSSR count). The predicted molar refractivity (Wildman–Crippen MR) is 122 cm³/mol. The fraction of sp³-hybridized carbons (Fsp3) is 0.231. The molecular formula is C26H24N2O4. The van der Waals surface area contributed by atoms with Crippen LogP contribution in [0.4, 0.5) is 0 Å². The summed E-state index contributed by atoms with van der Waals surface area (Å²) in [6, 6.07) is 19.2. The van der Waals surface area contributed by atoms with Crippen LogP contribution in [0.15, 0.2) is 71.3 Å². The first-order chi connectivity index (χ1) is 15.6. The molecule has 162 valence electrons. The molecule has 0 N–H and O–H groups in total. The van der Waals surface area contributed by atoms with Gasteiger partial charge in [0.15, 0.2) is 11.2 Å². The van der Waals surface area contributed by atoms with Crippen molar-refractivity contribution in [2.45, 2.75) is 32.1 Å². The van der Waals surface area contributed by atoms with Gasteiger partial charge in [0, 0.05) is 18.2 Å².